The fraction of sp³-hybridized carbons (Fsp3) is 0.350. The molecule has 0 bridgehead atoms. The second-order valence-electron chi connectivity index (χ2n) is 6.47. The van der Waals surface area contributed by atoms with Crippen molar-refractivity contribution >= 4 is 5.91 Å². The van der Waals surface area contributed by atoms with Crippen molar-refractivity contribution < 1.29 is 18.3 Å². The third-order valence-electron chi connectivity index (χ3n) is 4.85. The predicted octanol–water partition coefficient (Wildman–Crippen LogP) is 3.03. The minimum Gasteiger partial charge on any atom is -0.435 e. The molecule has 3 rings (SSSR count). The van der Waals surface area contributed by atoms with Crippen molar-refractivity contribution in [3.05, 3.63) is 65.7 Å². The smallest absolute Gasteiger partial charge is 0.387 e. The number of nitrogens with two attached hydrogens (primary N) is 1. The average Bonchev–Trinajstić information content (AvgIpc) is 3.08. The molecule has 1 heterocycles. The number of para-hydroxylation sites is 1. The molecule has 1 aliphatic heterocycles. The minimum absolute atomic E-state index is 0.0295. The number of amides is 1. The van der Waals surface area contributed by atoms with Gasteiger partial charge in [-0.25, -0.2) is 0 Å². The van der Waals surface area contributed by atoms with Crippen LogP contribution in [0.3, 0.4) is 0 Å². The molecule has 2 N–H and O–H groups in total. The van der Waals surface area contributed by atoms with Gasteiger partial charge in [0.15, 0.2) is 0 Å². The highest BCUT2D eigenvalue weighted by Crippen LogP contribution is 2.32. The molecule has 0 aliphatic carbocycles. The van der Waals surface area contributed by atoms with E-state index < -0.39 is 6.61 Å². The van der Waals surface area contributed by atoms with Crippen LogP contribution in [0.15, 0.2) is 54.6 Å². The Morgan fingerprint density at radius 3 is 2.50 bits per heavy atom. The third-order valence-corrected chi connectivity index (χ3v) is 4.85. The Morgan fingerprint density at radius 1 is 1.12 bits per heavy atom. The lowest BCUT2D eigenvalue weighted by Crippen LogP contribution is -2.31. The molecule has 138 valence electrons. The molecule has 0 spiro atoms. The molecule has 26 heavy (non-hydrogen) atoms. The zero-order chi connectivity index (χ0) is 18.5. The number of carbonyl (C=O) groups excluding carboxylic acids is 1. The number of benzene rings is 2. The van der Waals surface area contributed by atoms with Gasteiger partial charge in [-0.1, -0.05) is 48.5 Å². The second-order valence-corrected chi connectivity index (χ2v) is 6.47. The molecular weight excluding hydrogens is 338 g/mol. The Labute approximate surface area is 151 Å². The Hall–Kier alpha value is -2.47. The molecular formula is C20H22F2N2O2. The fourth-order valence-corrected chi connectivity index (χ4v) is 3.53. The van der Waals surface area contributed by atoms with Gasteiger partial charge < -0.3 is 15.4 Å². The summed E-state index contributed by atoms with van der Waals surface area (Å²) in [6.07, 6.45) is 0.0295. The zero-order valence-corrected chi connectivity index (χ0v) is 14.4. The first-order valence-electron chi connectivity index (χ1n) is 8.64. The van der Waals surface area contributed by atoms with E-state index in [0.717, 1.165) is 0 Å². The molecule has 0 saturated carbocycles. The van der Waals surface area contributed by atoms with Crippen LogP contribution in [0.25, 0.3) is 0 Å². The van der Waals surface area contributed by atoms with Crippen molar-refractivity contribution in [2.75, 3.05) is 19.6 Å². The van der Waals surface area contributed by atoms with Crippen molar-refractivity contribution in [1.29, 1.82) is 0 Å². The molecule has 1 aliphatic rings. The second kappa shape index (κ2) is 8.27. The number of alkyl halides is 2. The summed E-state index contributed by atoms with van der Waals surface area (Å²) in [4.78, 5) is 14.5. The van der Waals surface area contributed by atoms with Crippen LogP contribution >= 0.6 is 0 Å². The van der Waals surface area contributed by atoms with Crippen molar-refractivity contribution in [3.63, 3.8) is 0 Å². The topological polar surface area (TPSA) is 55.6 Å². The SMILES string of the molecule is NC[C@@H]1CN(C(=O)Cc2ccccc2OC(F)F)C[C@H]1c1ccccc1. The summed E-state index contributed by atoms with van der Waals surface area (Å²) in [6, 6.07) is 16.4. The normalized spacial score (nSPS) is 19.8. The lowest BCUT2D eigenvalue weighted by Gasteiger charge is -2.18. The summed E-state index contributed by atoms with van der Waals surface area (Å²) >= 11 is 0. The summed E-state index contributed by atoms with van der Waals surface area (Å²) in [6.45, 7) is -1.26. The van der Waals surface area contributed by atoms with Crippen molar-refractivity contribution in [2.24, 2.45) is 11.7 Å². The van der Waals surface area contributed by atoms with Gasteiger partial charge in [0.05, 0.1) is 6.42 Å². The molecule has 2 aromatic carbocycles. The molecule has 0 radical (unpaired) electrons. The molecule has 0 aromatic heterocycles. The third kappa shape index (κ3) is 4.19. The summed E-state index contributed by atoms with van der Waals surface area (Å²) < 4.78 is 29.6. The van der Waals surface area contributed by atoms with Gasteiger partial charge in [0.2, 0.25) is 5.91 Å². The molecule has 1 fully saturated rings. The van der Waals surface area contributed by atoms with Crippen LogP contribution in [-0.2, 0) is 11.2 Å². The van der Waals surface area contributed by atoms with Gasteiger partial charge in [0, 0.05) is 24.6 Å². The number of carbonyl (C=O) groups is 1. The lowest BCUT2D eigenvalue weighted by atomic mass is 9.89. The summed E-state index contributed by atoms with van der Waals surface area (Å²) in [5.74, 6) is 0.323. The van der Waals surface area contributed by atoms with Gasteiger partial charge >= 0.3 is 6.61 Å². The number of hydrogen-bond acceptors (Lipinski definition) is 3. The number of likely N-dealkylation sites (tertiary alicyclic amines) is 1. The molecule has 4 nitrogen and oxygen atoms in total. The first-order chi connectivity index (χ1) is 12.6. The molecule has 1 amide bonds. The van der Waals surface area contributed by atoms with Crippen molar-refractivity contribution in [2.45, 2.75) is 19.0 Å². The highest BCUT2D eigenvalue weighted by molar-refractivity contribution is 5.80. The van der Waals surface area contributed by atoms with Crippen LogP contribution < -0.4 is 10.5 Å². The van der Waals surface area contributed by atoms with Gasteiger partial charge in [-0.05, 0) is 24.1 Å². The lowest BCUT2D eigenvalue weighted by molar-refractivity contribution is -0.129. The van der Waals surface area contributed by atoms with Crippen LogP contribution in [0.5, 0.6) is 5.75 Å². The highest BCUT2D eigenvalue weighted by Gasteiger charge is 2.35. The van der Waals surface area contributed by atoms with E-state index in [0.29, 0.717) is 25.2 Å². The maximum atomic E-state index is 12.7. The van der Waals surface area contributed by atoms with E-state index in [-0.39, 0.29) is 29.9 Å². The first kappa shape index (κ1) is 18.3. The van der Waals surface area contributed by atoms with E-state index in [4.69, 9.17) is 5.73 Å². The largest absolute Gasteiger partial charge is 0.435 e. The monoisotopic (exact) mass is 360 g/mol. The Morgan fingerprint density at radius 2 is 1.81 bits per heavy atom. The molecule has 6 heteroatoms. The number of halogens is 2. The van der Waals surface area contributed by atoms with E-state index in [9.17, 15) is 13.6 Å². The van der Waals surface area contributed by atoms with E-state index in [1.165, 1.54) is 11.6 Å². The maximum Gasteiger partial charge on any atom is 0.387 e. The van der Waals surface area contributed by atoms with E-state index in [1.54, 1.807) is 23.1 Å². The van der Waals surface area contributed by atoms with Crippen LogP contribution in [-0.4, -0.2) is 37.1 Å². The van der Waals surface area contributed by atoms with Gasteiger partial charge in [-0.3, -0.25) is 4.79 Å². The Bertz CT molecular complexity index is 740. The Kier molecular flexibility index (Phi) is 5.83. The summed E-state index contributed by atoms with van der Waals surface area (Å²) in [5.41, 5.74) is 7.54. The number of hydrogen-bond donors (Lipinski definition) is 1. The molecule has 2 atom stereocenters. The zero-order valence-electron chi connectivity index (χ0n) is 14.4. The molecule has 0 unspecified atom stereocenters. The van der Waals surface area contributed by atoms with Crippen LogP contribution in [0.1, 0.15) is 17.0 Å². The summed E-state index contributed by atoms with van der Waals surface area (Å²) in [5, 5.41) is 0. The first-order valence-corrected chi connectivity index (χ1v) is 8.64. The van der Waals surface area contributed by atoms with Gasteiger partial charge in [0.1, 0.15) is 5.75 Å². The van der Waals surface area contributed by atoms with Crippen LogP contribution in [0.4, 0.5) is 8.78 Å². The van der Waals surface area contributed by atoms with Crippen LogP contribution in [0.2, 0.25) is 0 Å². The minimum atomic E-state index is -2.91. The van der Waals surface area contributed by atoms with Gasteiger partial charge in [0.25, 0.3) is 0 Å². The number of rotatable bonds is 6. The van der Waals surface area contributed by atoms with Gasteiger partial charge in [-0.15, -0.1) is 0 Å². The van der Waals surface area contributed by atoms with E-state index in [1.807, 2.05) is 30.3 Å². The number of ether oxygens (including phenoxy) is 1. The summed E-state index contributed by atoms with van der Waals surface area (Å²) in [7, 11) is 0. The quantitative estimate of drug-likeness (QED) is 0.862. The van der Waals surface area contributed by atoms with Crippen molar-refractivity contribution in [3.8, 4) is 5.75 Å². The van der Waals surface area contributed by atoms with Gasteiger partial charge in [-0.2, -0.15) is 8.78 Å². The van der Waals surface area contributed by atoms with E-state index >= 15 is 0 Å². The van der Waals surface area contributed by atoms with Crippen LogP contribution in [0, 0.1) is 5.92 Å². The predicted molar refractivity (Wildman–Crippen MR) is 95.1 cm³/mol. The number of nitrogens with zero attached hydrogens (tertiary/aromatic N) is 1. The van der Waals surface area contributed by atoms with E-state index in [2.05, 4.69) is 4.74 Å². The maximum absolute atomic E-state index is 12.7. The standard InChI is InChI=1S/C20H22F2N2O2/c21-20(22)26-18-9-5-4-8-15(18)10-19(25)24-12-16(11-23)17(13-24)14-6-2-1-3-7-14/h1-9,16-17,20H,10-13,23H2/t16-,17+/m1/s1. The Balaban J connectivity index is 1.71. The molecule has 2 aromatic rings. The van der Waals surface area contributed by atoms with Crippen molar-refractivity contribution in [1.82, 2.24) is 4.90 Å². The highest BCUT2D eigenvalue weighted by atomic mass is 19.3. The average molecular weight is 360 g/mol. The molecule has 1 saturated heterocycles. The fourth-order valence-electron chi connectivity index (χ4n) is 3.53.